The first-order chi connectivity index (χ1) is 15.8. The number of carbonyl (C=O) groups excluding carboxylic acids is 1. The van der Waals surface area contributed by atoms with E-state index in [0.29, 0.717) is 11.8 Å². The van der Waals surface area contributed by atoms with E-state index in [9.17, 15) is 15.0 Å². The smallest absolute Gasteiger partial charge is 0.313 e. The zero-order chi connectivity index (χ0) is 24.5. The number of aliphatic hydroxyl groups is 2. The fraction of sp³-hybridized carbons (Fsp3) is 0.833. The van der Waals surface area contributed by atoms with Gasteiger partial charge in [-0.1, -0.05) is 46.3 Å². The molecule has 4 nitrogen and oxygen atoms in total. The van der Waals surface area contributed by atoms with E-state index in [2.05, 4.69) is 47.6 Å². The molecular weight excluding hydrogens is 424 g/mol. The van der Waals surface area contributed by atoms with E-state index < -0.39 is 5.41 Å². The minimum absolute atomic E-state index is 0.0232. The van der Waals surface area contributed by atoms with Gasteiger partial charge in [-0.25, -0.2) is 0 Å². The third-order valence-electron chi connectivity index (χ3n) is 12.5. The lowest BCUT2D eigenvalue weighted by molar-refractivity contribution is -0.164. The molecule has 1 heterocycles. The van der Waals surface area contributed by atoms with E-state index in [1.54, 1.807) is 5.57 Å². The van der Waals surface area contributed by atoms with Gasteiger partial charge in [0.15, 0.2) is 0 Å². The van der Waals surface area contributed by atoms with Crippen molar-refractivity contribution < 1.29 is 19.7 Å². The number of hydrogen-bond acceptors (Lipinski definition) is 4. The Morgan fingerprint density at radius 1 is 1.06 bits per heavy atom. The fourth-order valence-electron chi connectivity index (χ4n) is 10.7. The summed E-state index contributed by atoms with van der Waals surface area (Å²) in [6.07, 6.45) is 9.91. The van der Waals surface area contributed by atoms with Crippen LogP contribution in [0.2, 0.25) is 0 Å². The van der Waals surface area contributed by atoms with Crippen molar-refractivity contribution in [3.63, 3.8) is 0 Å². The molecule has 34 heavy (non-hydrogen) atoms. The standard InChI is InChI=1S/C30H44O4/c1-17-13-30-15-23(34-25(30)33)27(4,16-31)14-19(30)18-7-8-21-28(5)12-10-22(32)26(2,3)20(28)9-11-29(21,6)24(17)18/h7,19-23,31-32H,8-16H2,1-6H3/t19-,20-,21+,22-,23-,27-,28-,29+,30+/m0/s1. The summed E-state index contributed by atoms with van der Waals surface area (Å²) in [5.41, 5.74) is 3.84. The van der Waals surface area contributed by atoms with Crippen molar-refractivity contribution in [3.8, 4) is 0 Å². The van der Waals surface area contributed by atoms with Crippen LogP contribution >= 0.6 is 0 Å². The van der Waals surface area contributed by atoms with E-state index in [4.69, 9.17) is 4.74 Å². The second-order valence-electron chi connectivity index (χ2n) is 14.5. The van der Waals surface area contributed by atoms with Crippen LogP contribution in [0.15, 0.2) is 22.8 Å². The maximum Gasteiger partial charge on any atom is 0.313 e. The molecule has 2 N–H and O–H groups in total. The van der Waals surface area contributed by atoms with Gasteiger partial charge in [0.2, 0.25) is 0 Å². The van der Waals surface area contributed by atoms with Crippen molar-refractivity contribution in [2.75, 3.05) is 6.61 Å². The predicted octanol–water partition coefficient (Wildman–Crippen LogP) is 5.58. The van der Waals surface area contributed by atoms with Crippen molar-refractivity contribution in [3.05, 3.63) is 22.8 Å². The minimum atomic E-state index is -0.431. The molecule has 0 aromatic heterocycles. The van der Waals surface area contributed by atoms with Gasteiger partial charge in [-0.3, -0.25) is 4.79 Å². The normalized spacial score (nSPS) is 53.2. The van der Waals surface area contributed by atoms with Crippen molar-refractivity contribution in [2.24, 2.45) is 44.8 Å². The highest BCUT2D eigenvalue weighted by Gasteiger charge is 2.68. The molecular formula is C30H44O4. The number of rotatable bonds is 1. The Bertz CT molecular complexity index is 1010. The van der Waals surface area contributed by atoms with Crippen LogP contribution < -0.4 is 0 Å². The first kappa shape index (κ1) is 23.3. The van der Waals surface area contributed by atoms with Crippen LogP contribution in [0, 0.1) is 44.8 Å². The minimum Gasteiger partial charge on any atom is -0.461 e. The fourth-order valence-corrected chi connectivity index (χ4v) is 10.7. The van der Waals surface area contributed by atoms with Crippen LogP contribution in [0.3, 0.4) is 0 Å². The number of aliphatic hydroxyl groups excluding tert-OH is 2. The average Bonchev–Trinajstić information content (AvgIpc) is 3.05. The van der Waals surface area contributed by atoms with Crippen LogP contribution in [0.25, 0.3) is 0 Å². The second kappa shape index (κ2) is 6.79. The van der Waals surface area contributed by atoms with E-state index in [1.165, 1.54) is 11.1 Å². The molecule has 6 rings (SSSR count). The summed E-state index contributed by atoms with van der Waals surface area (Å²) in [4.78, 5) is 13.4. The molecule has 6 aliphatic rings. The monoisotopic (exact) mass is 468 g/mol. The second-order valence-corrected chi connectivity index (χ2v) is 14.5. The molecule has 2 bridgehead atoms. The van der Waals surface area contributed by atoms with Crippen molar-refractivity contribution in [1.29, 1.82) is 0 Å². The van der Waals surface area contributed by atoms with Crippen LogP contribution in [-0.4, -0.2) is 35.0 Å². The summed E-state index contributed by atoms with van der Waals surface area (Å²) in [6, 6.07) is 0. The highest BCUT2D eigenvalue weighted by atomic mass is 16.6. The highest BCUT2D eigenvalue weighted by molar-refractivity contribution is 5.82. The first-order valence-corrected chi connectivity index (χ1v) is 13.7. The molecule has 3 saturated carbocycles. The molecule has 1 spiro atoms. The van der Waals surface area contributed by atoms with Crippen molar-refractivity contribution in [2.45, 2.75) is 105 Å². The van der Waals surface area contributed by atoms with Gasteiger partial charge in [-0.05, 0) is 91.1 Å². The van der Waals surface area contributed by atoms with Gasteiger partial charge in [-0.15, -0.1) is 0 Å². The largest absolute Gasteiger partial charge is 0.461 e. The third kappa shape index (κ3) is 2.55. The summed E-state index contributed by atoms with van der Waals surface area (Å²) >= 11 is 0. The first-order valence-electron chi connectivity index (χ1n) is 13.7. The molecule has 188 valence electrons. The van der Waals surface area contributed by atoms with Gasteiger partial charge in [0.05, 0.1) is 18.1 Å². The van der Waals surface area contributed by atoms with Crippen LogP contribution in [0.1, 0.15) is 92.9 Å². The van der Waals surface area contributed by atoms with E-state index in [-0.39, 0.29) is 52.4 Å². The van der Waals surface area contributed by atoms with Gasteiger partial charge >= 0.3 is 5.97 Å². The van der Waals surface area contributed by atoms with Crippen LogP contribution in [0.4, 0.5) is 0 Å². The summed E-state index contributed by atoms with van der Waals surface area (Å²) in [5, 5.41) is 21.2. The Morgan fingerprint density at radius 3 is 2.50 bits per heavy atom. The number of hydrogen-bond donors (Lipinski definition) is 2. The molecule has 1 saturated heterocycles. The SMILES string of the molecule is CC1=C2C(=CC[C@@H]3[C@@]4(C)CC[C@H](O)C(C)(C)[C@@H]4CC[C@@]23C)[C@@H]2C[C@@](C)(CO)[C@@H]3C[C@@]2(C1)C(=O)O3. The van der Waals surface area contributed by atoms with Crippen LogP contribution in [-0.2, 0) is 9.53 Å². The third-order valence-corrected chi connectivity index (χ3v) is 12.5. The average molecular weight is 469 g/mol. The van der Waals surface area contributed by atoms with Gasteiger partial charge in [0.25, 0.3) is 0 Å². The highest BCUT2D eigenvalue weighted by Crippen LogP contribution is 2.72. The van der Waals surface area contributed by atoms with E-state index >= 15 is 0 Å². The molecule has 4 fully saturated rings. The summed E-state index contributed by atoms with van der Waals surface area (Å²) < 4.78 is 5.96. The molecule has 0 amide bonds. The lowest BCUT2D eigenvalue weighted by atomic mass is 9.38. The molecule has 0 aromatic carbocycles. The summed E-state index contributed by atoms with van der Waals surface area (Å²) in [6.45, 7) is 14.1. The van der Waals surface area contributed by atoms with E-state index in [1.807, 2.05) is 0 Å². The Balaban J connectivity index is 1.46. The molecule has 1 aliphatic heterocycles. The Labute approximate surface area is 205 Å². The quantitative estimate of drug-likeness (QED) is 0.493. The van der Waals surface area contributed by atoms with Gasteiger partial charge in [-0.2, -0.15) is 0 Å². The van der Waals surface area contributed by atoms with Gasteiger partial charge < -0.3 is 14.9 Å². The summed E-state index contributed by atoms with van der Waals surface area (Å²) in [7, 11) is 0. The van der Waals surface area contributed by atoms with Gasteiger partial charge in [0.1, 0.15) is 6.10 Å². The topological polar surface area (TPSA) is 66.8 Å². The number of esters is 1. The zero-order valence-corrected chi connectivity index (χ0v) is 22.0. The van der Waals surface area contributed by atoms with E-state index in [0.717, 1.165) is 51.4 Å². The van der Waals surface area contributed by atoms with Crippen molar-refractivity contribution in [1.82, 2.24) is 0 Å². The predicted molar refractivity (Wildman–Crippen MR) is 132 cm³/mol. The Hall–Kier alpha value is -1.13. The maximum atomic E-state index is 13.4. The van der Waals surface area contributed by atoms with Gasteiger partial charge in [0, 0.05) is 17.8 Å². The molecule has 4 heteroatoms. The lowest BCUT2D eigenvalue weighted by Gasteiger charge is -2.66. The lowest BCUT2D eigenvalue weighted by Crippen LogP contribution is -2.60. The maximum absolute atomic E-state index is 13.4. The molecule has 5 aliphatic carbocycles. The number of fused-ring (bicyclic) bond motifs is 7. The zero-order valence-electron chi connectivity index (χ0n) is 22.0. The molecule has 9 atom stereocenters. The Morgan fingerprint density at radius 2 is 1.79 bits per heavy atom. The number of allylic oxidation sites excluding steroid dienone is 4. The molecule has 0 aromatic rings. The molecule has 0 radical (unpaired) electrons. The summed E-state index contributed by atoms with van der Waals surface area (Å²) in [5.74, 6) is 1.22. The molecule has 0 unspecified atom stereocenters. The number of carbonyl (C=O) groups is 1. The van der Waals surface area contributed by atoms with Crippen molar-refractivity contribution >= 4 is 5.97 Å². The van der Waals surface area contributed by atoms with Crippen LogP contribution in [0.5, 0.6) is 0 Å². The Kier molecular flexibility index (Phi) is 4.65. The number of ether oxygens (including phenoxy) is 1.